The van der Waals surface area contributed by atoms with Gasteiger partial charge in [0.2, 0.25) is 0 Å². The largest absolute Gasteiger partial charge is 0.471 e. The van der Waals surface area contributed by atoms with Crippen LogP contribution >= 0.6 is 12.2 Å². The van der Waals surface area contributed by atoms with E-state index in [2.05, 4.69) is 0 Å². The molecular formula is C17H12OS. The molecule has 0 saturated carbocycles. The van der Waals surface area contributed by atoms with Gasteiger partial charge in [0.25, 0.3) is 0 Å². The smallest absolute Gasteiger partial charge is 0.0994 e. The van der Waals surface area contributed by atoms with Gasteiger partial charge in [-0.3, -0.25) is 0 Å². The van der Waals surface area contributed by atoms with E-state index in [-0.39, 0.29) is 0 Å². The molecule has 2 aromatic carbocycles. The Morgan fingerprint density at radius 3 is 1.47 bits per heavy atom. The average molecular weight is 264 g/mol. The maximum atomic E-state index is 5.60. The maximum Gasteiger partial charge on any atom is 0.0994 e. The summed E-state index contributed by atoms with van der Waals surface area (Å²) < 4.78 is 6.29. The number of rotatable bonds is 2. The highest BCUT2D eigenvalue weighted by atomic mass is 32.1. The van der Waals surface area contributed by atoms with Crippen LogP contribution in [0.1, 0.15) is 0 Å². The summed E-state index contributed by atoms with van der Waals surface area (Å²) in [4.78, 5) is 0. The third-order valence-electron chi connectivity index (χ3n) is 3.03. The number of hydrogen-bond donors (Lipinski definition) is 0. The predicted octanol–water partition coefficient (Wildman–Crippen LogP) is 5.34. The highest BCUT2D eigenvalue weighted by molar-refractivity contribution is 7.71. The molecule has 1 heterocycles. The highest BCUT2D eigenvalue weighted by Crippen LogP contribution is 2.28. The molecule has 2 heteroatoms. The minimum Gasteiger partial charge on any atom is -0.471 e. The number of hydrogen-bond acceptors (Lipinski definition) is 2. The van der Waals surface area contributed by atoms with Gasteiger partial charge >= 0.3 is 0 Å². The molecule has 0 fully saturated rings. The van der Waals surface area contributed by atoms with Crippen LogP contribution in [0.2, 0.25) is 0 Å². The molecule has 1 aromatic heterocycles. The van der Waals surface area contributed by atoms with Crippen LogP contribution < -0.4 is 0 Å². The van der Waals surface area contributed by atoms with Gasteiger partial charge in [-0.15, -0.1) is 0 Å². The molecule has 19 heavy (non-hydrogen) atoms. The number of benzene rings is 2. The van der Waals surface area contributed by atoms with Gasteiger partial charge in [-0.1, -0.05) is 72.9 Å². The van der Waals surface area contributed by atoms with Crippen LogP contribution in [0, 0.1) is 4.51 Å². The lowest BCUT2D eigenvalue weighted by Gasteiger charge is -2.05. The zero-order valence-electron chi connectivity index (χ0n) is 10.2. The molecule has 0 spiro atoms. The first-order valence-electron chi connectivity index (χ1n) is 6.07. The van der Waals surface area contributed by atoms with Crippen molar-refractivity contribution in [3.8, 4) is 22.3 Å². The van der Waals surface area contributed by atoms with Crippen molar-refractivity contribution in [2.75, 3.05) is 0 Å². The van der Waals surface area contributed by atoms with Gasteiger partial charge in [0.1, 0.15) is 0 Å². The molecule has 0 aliphatic heterocycles. The molecule has 0 aliphatic carbocycles. The fourth-order valence-corrected chi connectivity index (χ4v) is 2.39. The first kappa shape index (κ1) is 11.9. The molecule has 0 radical (unpaired) electrons. The monoisotopic (exact) mass is 264 g/mol. The van der Waals surface area contributed by atoms with E-state index in [1.165, 1.54) is 0 Å². The third kappa shape index (κ3) is 2.35. The lowest BCUT2D eigenvalue weighted by Crippen LogP contribution is -1.83. The Morgan fingerprint density at radius 1 is 0.632 bits per heavy atom. The van der Waals surface area contributed by atoms with E-state index in [0.29, 0.717) is 0 Å². The Bertz CT molecular complexity index is 669. The lowest BCUT2D eigenvalue weighted by atomic mass is 10.0. The molecular weight excluding hydrogens is 252 g/mol. The summed E-state index contributed by atoms with van der Waals surface area (Å²) >= 11 is 5.60. The van der Waals surface area contributed by atoms with Gasteiger partial charge in [0.05, 0.1) is 17.0 Å². The van der Waals surface area contributed by atoms with Crippen LogP contribution in [0.15, 0.2) is 77.6 Å². The van der Waals surface area contributed by atoms with Crippen molar-refractivity contribution in [2.45, 2.75) is 0 Å². The minimum absolute atomic E-state index is 0.823. The Balaban J connectivity index is 2.18. The van der Waals surface area contributed by atoms with Gasteiger partial charge in [0, 0.05) is 11.1 Å². The maximum absolute atomic E-state index is 5.60. The first-order valence-corrected chi connectivity index (χ1v) is 6.48. The summed E-state index contributed by atoms with van der Waals surface area (Å²) in [6.45, 7) is 0. The van der Waals surface area contributed by atoms with Crippen LogP contribution in [0.3, 0.4) is 0 Å². The van der Waals surface area contributed by atoms with Crippen molar-refractivity contribution in [1.29, 1.82) is 0 Å². The van der Waals surface area contributed by atoms with Crippen LogP contribution in [-0.2, 0) is 0 Å². The summed E-state index contributed by atoms with van der Waals surface area (Å²) in [7, 11) is 0. The molecule has 0 unspecified atom stereocenters. The molecule has 3 aromatic rings. The topological polar surface area (TPSA) is 13.1 Å². The molecule has 3 rings (SSSR count). The first-order chi connectivity index (χ1) is 9.36. The van der Waals surface area contributed by atoms with Crippen molar-refractivity contribution in [3.05, 3.63) is 77.7 Å². The fraction of sp³-hybridized carbons (Fsp3) is 0. The van der Waals surface area contributed by atoms with E-state index in [0.717, 1.165) is 26.8 Å². The van der Waals surface area contributed by atoms with Crippen molar-refractivity contribution in [2.24, 2.45) is 0 Å². The van der Waals surface area contributed by atoms with E-state index >= 15 is 0 Å². The van der Waals surface area contributed by atoms with E-state index in [9.17, 15) is 0 Å². The second-order valence-corrected chi connectivity index (χ2v) is 4.67. The molecule has 0 bridgehead atoms. The SMILES string of the molecule is S=c1c(-c2ccccc2)cocc1-c1ccccc1. The van der Waals surface area contributed by atoms with Gasteiger partial charge in [0.15, 0.2) is 0 Å². The van der Waals surface area contributed by atoms with Crippen LogP contribution in [0.25, 0.3) is 22.3 Å². The average Bonchev–Trinajstić information content (AvgIpc) is 2.49. The zero-order valence-corrected chi connectivity index (χ0v) is 11.1. The normalized spacial score (nSPS) is 10.3. The fourth-order valence-electron chi connectivity index (χ4n) is 2.06. The molecule has 0 aliphatic rings. The van der Waals surface area contributed by atoms with Crippen molar-refractivity contribution in [3.63, 3.8) is 0 Å². The summed E-state index contributed by atoms with van der Waals surface area (Å²) in [5.74, 6) is 0. The summed E-state index contributed by atoms with van der Waals surface area (Å²) in [5, 5.41) is 0. The predicted molar refractivity (Wildman–Crippen MR) is 80.4 cm³/mol. The highest BCUT2D eigenvalue weighted by Gasteiger charge is 2.06. The van der Waals surface area contributed by atoms with Gasteiger partial charge in [-0.2, -0.15) is 0 Å². The van der Waals surface area contributed by atoms with Gasteiger partial charge in [-0.05, 0) is 11.1 Å². The Kier molecular flexibility index (Phi) is 3.25. The lowest BCUT2D eigenvalue weighted by molar-refractivity contribution is 0.553. The van der Waals surface area contributed by atoms with E-state index in [1.807, 2.05) is 60.7 Å². The Hall–Kier alpha value is -2.19. The molecule has 0 amide bonds. The molecule has 0 saturated heterocycles. The zero-order chi connectivity index (χ0) is 13.1. The second kappa shape index (κ2) is 5.21. The van der Waals surface area contributed by atoms with E-state index in [4.69, 9.17) is 16.6 Å². The minimum atomic E-state index is 0.823. The van der Waals surface area contributed by atoms with Crippen LogP contribution in [0.5, 0.6) is 0 Å². The van der Waals surface area contributed by atoms with E-state index in [1.54, 1.807) is 12.5 Å². The summed E-state index contributed by atoms with van der Waals surface area (Å²) in [6, 6.07) is 20.1. The molecule has 92 valence electrons. The second-order valence-electron chi connectivity index (χ2n) is 4.26. The van der Waals surface area contributed by atoms with Crippen molar-refractivity contribution in [1.82, 2.24) is 0 Å². The molecule has 0 N–H and O–H groups in total. The van der Waals surface area contributed by atoms with Crippen molar-refractivity contribution >= 4 is 12.2 Å². The van der Waals surface area contributed by atoms with Crippen molar-refractivity contribution < 1.29 is 4.42 Å². The molecule has 0 atom stereocenters. The standard InChI is InChI=1S/C17H12OS/c19-17-15(13-7-3-1-4-8-13)11-18-12-16(17)14-9-5-2-6-10-14/h1-12H. The van der Waals surface area contributed by atoms with Crippen LogP contribution in [-0.4, -0.2) is 0 Å². The summed E-state index contributed by atoms with van der Waals surface area (Å²) in [5.41, 5.74) is 4.07. The van der Waals surface area contributed by atoms with Crippen LogP contribution in [0.4, 0.5) is 0 Å². The van der Waals surface area contributed by atoms with Gasteiger partial charge in [-0.25, -0.2) is 0 Å². The van der Waals surface area contributed by atoms with E-state index < -0.39 is 0 Å². The van der Waals surface area contributed by atoms with Gasteiger partial charge < -0.3 is 4.42 Å². The molecule has 1 nitrogen and oxygen atoms in total. The quantitative estimate of drug-likeness (QED) is 0.579. The Labute approximate surface area is 117 Å². The Morgan fingerprint density at radius 2 is 1.05 bits per heavy atom. The third-order valence-corrected chi connectivity index (χ3v) is 3.47. The summed E-state index contributed by atoms with van der Waals surface area (Å²) in [6.07, 6.45) is 3.42.